The Morgan fingerprint density at radius 1 is 1.09 bits per heavy atom. The van der Waals surface area contributed by atoms with Gasteiger partial charge in [-0.3, -0.25) is 19.1 Å². The van der Waals surface area contributed by atoms with Crippen LogP contribution in [0.15, 0.2) is 77.0 Å². The molecule has 55 heavy (non-hydrogen) atoms. The second-order valence-corrected chi connectivity index (χ2v) is 15.8. The zero-order valence-corrected chi connectivity index (χ0v) is 37.2. The number of hydrogen-bond acceptors (Lipinski definition) is 5. The Morgan fingerprint density at radius 3 is 2.25 bits per heavy atom. The molecule has 1 aromatic heterocycles. The smallest absolute Gasteiger partial charge is 0.243 e. The number of amides is 2. The molecule has 1 saturated carbocycles. The van der Waals surface area contributed by atoms with Gasteiger partial charge in [-0.1, -0.05) is 101 Å². The zero-order valence-electron chi connectivity index (χ0n) is 35.6. The minimum Gasteiger partial charge on any atom is -0.404 e. The molecule has 4 atom stereocenters. The summed E-state index contributed by atoms with van der Waals surface area (Å²) in [6.07, 6.45) is 15.2. The number of allylic oxidation sites excluding steroid dienone is 6. The summed E-state index contributed by atoms with van der Waals surface area (Å²) in [5.74, 6) is 0.642. The molecule has 2 amide bonds. The van der Waals surface area contributed by atoms with E-state index in [1.807, 2.05) is 72.8 Å². The summed E-state index contributed by atoms with van der Waals surface area (Å²) in [6.45, 7) is 23.0. The molecule has 0 spiro atoms. The summed E-state index contributed by atoms with van der Waals surface area (Å²) in [7, 11) is 0. The summed E-state index contributed by atoms with van der Waals surface area (Å²) in [4.78, 5) is 40.4. The Morgan fingerprint density at radius 2 is 1.73 bits per heavy atom. The van der Waals surface area contributed by atoms with Crippen molar-refractivity contribution in [3.63, 3.8) is 0 Å². The van der Waals surface area contributed by atoms with Crippen LogP contribution >= 0.6 is 15.9 Å². The van der Waals surface area contributed by atoms with Crippen molar-refractivity contribution in [1.29, 1.82) is 0 Å². The first-order chi connectivity index (χ1) is 26.0. The SMILES string of the molecule is CC.CC.CC/C=C/C(=C\N)CC(C(=O)NC(C)(C)Cn1nc(C(C)(C)F)cc1C(/C=C\C(C)=O)=C/C(C)CC)N(C=O)CCC1CC1c1ccc(Br)cc1. The van der Waals surface area contributed by atoms with Crippen molar-refractivity contribution in [1.82, 2.24) is 20.0 Å². The lowest BCUT2D eigenvalue weighted by atomic mass is 9.99. The standard InChI is InChI=1S/C41H57BrFN5O3.2C2H6/c1-9-11-12-30(25-44)22-37(47(27-49)20-19-32-23-35(32)31-15-17-34(42)18-16-31)39(51)45-40(5,6)26-48-36(24-38(46-48)41(7,8)43)33(14-13-29(4)50)21-28(3)10-2;2*1-2/h11-18,21,24-25,27-28,32,35,37H,9-10,19-20,22-23,26,44H2,1-8H3,(H,45,51);2*1-2H3/b12-11+,14-13-,30-25+,33-21+;;. The molecule has 3 N–H and O–H groups in total. The highest BCUT2D eigenvalue weighted by Crippen LogP contribution is 2.49. The molecular weight excluding hydrogens is 757 g/mol. The summed E-state index contributed by atoms with van der Waals surface area (Å²) in [6, 6.07) is 9.27. The highest BCUT2D eigenvalue weighted by Gasteiger charge is 2.39. The van der Waals surface area contributed by atoms with Crippen LogP contribution in [-0.2, 0) is 26.6 Å². The monoisotopic (exact) mass is 825 g/mol. The fraction of sp³-hybridized carbons (Fsp3) is 0.556. The predicted molar refractivity (Wildman–Crippen MR) is 231 cm³/mol. The Labute approximate surface area is 340 Å². The van der Waals surface area contributed by atoms with Gasteiger partial charge in [0.05, 0.1) is 23.5 Å². The number of nitrogens with two attached hydrogens (primary N) is 1. The van der Waals surface area contributed by atoms with E-state index in [0.717, 1.165) is 47.7 Å². The molecule has 3 rings (SSSR count). The van der Waals surface area contributed by atoms with E-state index in [1.54, 1.807) is 21.7 Å². The van der Waals surface area contributed by atoms with Crippen molar-refractivity contribution < 1.29 is 18.8 Å². The third-order valence-electron chi connectivity index (χ3n) is 9.33. The molecule has 1 aliphatic rings. The van der Waals surface area contributed by atoms with Gasteiger partial charge in [0.25, 0.3) is 0 Å². The van der Waals surface area contributed by atoms with Crippen LogP contribution in [0.5, 0.6) is 0 Å². The second kappa shape index (κ2) is 24.0. The Balaban J connectivity index is 0.00000365. The average molecular weight is 827 g/mol. The van der Waals surface area contributed by atoms with Gasteiger partial charge in [-0.15, -0.1) is 0 Å². The minimum atomic E-state index is -1.72. The van der Waals surface area contributed by atoms with Crippen LogP contribution in [0, 0.1) is 11.8 Å². The maximum atomic E-state index is 15.3. The number of rotatable bonds is 20. The Kier molecular flexibility index (Phi) is 21.5. The molecule has 0 saturated heterocycles. The molecule has 1 fully saturated rings. The van der Waals surface area contributed by atoms with Gasteiger partial charge < -0.3 is 16.0 Å². The highest BCUT2D eigenvalue weighted by molar-refractivity contribution is 9.10. The third-order valence-corrected chi connectivity index (χ3v) is 9.85. The number of benzene rings is 1. The van der Waals surface area contributed by atoms with E-state index in [1.165, 1.54) is 38.6 Å². The van der Waals surface area contributed by atoms with E-state index >= 15 is 4.39 Å². The van der Waals surface area contributed by atoms with E-state index in [4.69, 9.17) is 5.73 Å². The normalized spacial score (nSPS) is 17.1. The zero-order chi connectivity index (χ0) is 41.9. The predicted octanol–water partition coefficient (Wildman–Crippen LogP) is 10.6. The molecule has 8 nitrogen and oxygen atoms in total. The first-order valence-electron chi connectivity index (χ1n) is 20.1. The maximum absolute atomic E-state index is 15.3. The molecule has 1 heterocycles. The van der Waals surface area contributed by atoms with E-state index in [2.05, 4.69) is 58.4 Å². The fourth-order valence-electron chi connectivity index (χ4n) is 6.08. The number of halogens is 2. The van der Waals surface area contributed by atoms with Crippen LogP contribution in [0.1, 0.15) is 138 Å². The van der Waals surface area contributed by atoms with Crippen LogP contribution < -0.4 is 11.1 Å². The van der Waals surface area contributed by atoms with Crippen molar-refractivity contribution in [3.05, 3.63) is 93.9 Å². The number of ketones is 1. The summed E-state index contributed by atoms with van der Waals surface area (Å²) >= 11 is 3.50. The van der Waals surface area contributed by atoms with Crippen LogP contribution in [-0.4, -0.2) is 50.9 Å². The van der Waals surface area contributed by atoms with E-state index in [-0.39, 0.29) is 36.3 Å². The van der Waals surface area contributed by atoms with Crippen LogP contribution in [0.2, 0.25) is 0 Å². The first-order valence-corrected chi connectivity index (χ1v) is 20.8. The Bertz CT molecular complexity index is 1620. The summed E-state index contributed by atoms with van der Waals surface area (Å²) in [5, 5.41) is 7.85. The highest BCUT2D eigenvalue weighted by atomic mass is 79.9. The van der Waals surface area contributed by atoms with Gasteiger partial charge in [-0.2, -0.15) is 5.10 Å². The molecule has 0 aliphatic heterocycles. The first kappa shape index (κ1) is 49.2. The third kappa shape index (κ3) is 16.5. The molecule has 306 valence electrons. The summed E-state index contributed by atoms with van der Waals surface area (Å²) < 4.78 is 18.1. The number of nitrogens with zero attached hydrogens (tertiary/aromatic N) is 3. The topological polar surface area (TPSA) is 110 Å². The second-order valence-electron chi connectivity index (χ2n) is 14.9. The van der Waals surface area contributed by atoms with Crippen LogP contribution in [0.4, 0.5) is 4.39 Å². The number of carbonyl (C=O) groups is 3. The number of aromatic nitrogens is 2. The molecule has 1 aromatic carbocycles. The number of nitrogens with one attached hydrogen (secondary N) is 1. The van der Waals surface area contributed by atoms with Crippen molar-refractivity contribution >= 4 is 39.6 Å². The van der Waals surface area contributed by atoms with Crippen LogP contribution in [0.3, 0.4) is 0 Å². The van der Waals surface area contributed by atoms with Gasteiger partial charge in [0, 0.05) is 17.4 Å². The van der Waals surface area contributed by atoms with E-state index in [9.17, 15) is 14.4 Å². The maximum Gasteiger partial charge on any atom is 0.243 e. The molecule has 0 radical (unpaired) electrons. The molecule has 10 heteroatoms. The van der Waals surface area contributed by atoms with Gasteiger partial charge in [0.15, 0.2) is 5.78 Å². The van der Waals surface area contributed by atoms with Crippen molar-refractivity contribution in [2.75, 3.05) is 6.54 Å². The van der Waals surface area contributed by atoms with Gasteiger partial charge in [0.1, 0.15) is 11.7 Å². The largest absolute Gasteiger partial charge is 0.404 e. The number of alkyl halides is 1. The van der Waals surface area contributed by atoms with E-state index in [0.29, 0.717) is 24.1 Å². The summed E-state index contributed by atoms with van der Waals surface area (Å²) in [5.41, 5.74) is 7.08. The quantitative estimate of drug-likeness (QED) is 0.0785. The molecule has 2 aromatic rings. The van der Waals surface area contributed by atoms with Crippen molar-refractivity contribution in [2.45, 2.75) is 145 Å². The fourth-order valence-corrected chi connectivity index (χ4v) is 6.34. The Hall–Kier alpha value is -3.79. The molecule has 1 aliphatic carbocycles. The lowest BCUT2D eigenvalue weighted by molar-refractivity contribution is -0.134. The van der Waals surface area contributed by atoms with Crippen molar-refractivity contribution in [2.24, 2.45) is 17.6 Å². The van der Waals surface area contributed by atoms with Gasteiger partial charge in [-0.25, -0.2) is 4.39 Å². The van der Waals surface area contributed by atoms with Crippen molar-refractivity contribution in [3.8, 4) is 0 Å². The van der Waals surface area contributed by atoms with Gasteiger partial charge in [-0.05, 0) is 125 Å². The van der Waals surface area contributed by atoms with E-state index < -0.39 is 17.2 Å². The van der Waals surface area contributed by atoms with Gasteiger partial charge >= 0.3 is 0 Å². The van der Waals surface area contributed by atoms with Gasteiger partial charge in [0.2, 0.25) is 12.3 Å². The van der Waals surface area contributed by atoms with Crippen LogP contribution in [0.25, 0.3) is 5.57 Å². The minimum absolute atomic E-state index is 0.106. The lowest BCUT2D eigenvalue weighted by Crippen LogP contribution is -2.55. The molecule has 0 bridgehead atoms. The number of carbonyl (C=O) groups excluding carboxylic acids is 3. The average Bonchev–Trinajstić information content (AvgIpc) is 3.80. The lowest BCUT2D eigenvalue weighted by Gasteiger charge is -2.33. The molecule has 4 unspecified atom stereocenters. The number of hydrogen-bond donors (Lipinski definition) is 2. The molecular formula is C45H69BrFN5O3.